The molecule has 0 spiro atoms. The number of aromatic nitrogens is 2. The first-order valence-corrected chi connectivity index (χ1v) is 10.4. The van der Waals surface area contributed by atoms with Crippen molar-refractivity contribution < 1.29 is 27.8 Å². The van der Waals surface area contributed by atoms with Gasteiger partial charge in [0.25, 0.3) is 6.36 Å². The standard InChI is InChI=1S/C22H21F2N5O4/c1-10-14(6-28-21-20(10)27-8-16(23)33-21)13-4-11-5-17(26-7-15(11)19(25)18(13)24)29-22(30)32-12-2-3-31-9-12/h4-7,12,16,27H,2-3,8-9,25H2,1H3,(H,26,29,30)/t12-,16?/m1/s1. The minimum Gasteiger partial charge on any atom is -0.443 e. The van der Waals surface area contributed by atoms with Gasteiger partial charge in [0.1, 0.15) is 17.6 Å². The van der Waals surface area contributed by atoms with Gasteiger partial charge in [-0.1, -0.05) is 0 Å². The number of anilines is 3. The van der Waals surface area contributed by atoms with E-state index >= 15 is 4.39 Å². The van der Waals surface area contributed by atoms with Gasteiger partial charge in [-0.05, 0) is 30.0 Å². The average Bonchev–Trinajstić information content (AvgIpc) is 3.29. The third-order valence-electron chi connectivity index (χ3n) is 5.66. The zero-order valence-corrected chi connectivity index (χ0v) is 17.7. The van der Waals surface area contributed by atoms with Crippen LogP contribution in [0.2, 0.25) is 0 Å². The highest BCUT2D eigenvalue weighted by atomic mass is 19.1. The van der Waals surface area contributed by atoms with Crippen LogP contribution in [0.15, 0.2) is 24.5 Å². The fraction of sp³-hybridized carbons (Fsp3) is 0.318. The van der Waals surface area contributed by atoms with Crippen LogP contribution in [-0.4, -0.2) is 48.3 Å². The van der Waals surface area contributed by atoms with Crippen molar-refractivity contribution in [3.05, 3.63) is 35.9 Å². The molecule has 0 aliphatic carbocycles. The Morgan fingerprint density at radius 3 is 2.94 bits per heavy atom. The van der Waals surface area contributed by atoms with Crippen molar-refractivity contribution in [3.8, 4) is 17.0 Å². The van der Waals surface area contributed by atoms with Crippen molar-refractivity contribution in [1.82, 2.24) is 9.97 Å². The summed E-state index contributed by atoms with van der Waals surface area (Å²) < 4.78 is 44.3. The van der Waals surface area contributed by atoms with E-state index in [0.717, 1.165) is 0 Å². The van der Waals surface area contributed by atoms with Crippen molar-refractivity contribution in [3.63, 3.8) is 0 Å². The molecule has 2 aliphatic heterocycles. The number of halogens is 2. The Kier molecular flexibility index (Phi) is 5.33. The van der Waals surface area contributed by atoms with E-state index in [0.29, 0.717) is 47.2 Å². The Balaban J connectivity index is 1.50. The summed E-state index contributed by atoms with van der Waals surface area (Å²) in [5, 5.41) is 6.45. The first-order chi connectivity index (χ1) is 15.9. The summed E-state index contributed by atoms with van der Waals surface area (Å²) >= 11 is 0. The maximum atomic E-state index is 15.2. The van der Waals surface area contributed by atoms with Crippen molar-refractivity contribution in [1.29, 1.82) is 0 Å². The van der Waals surface area contributed by atoms with Gasteiger partial charge in [0, 0.05) is 35.3 Å². The summed E-state index contributed by atoms with van der Waals surface area (Å²) in [5.41, 5.74) is 7.80. The maximum absolute atomic E-state index is 15.2. The number of nitrogens with one attached hydrogen (secondary N) is 2. The predicted octanol–water partition coefficient (Wildman–Crippen LogP) is 3.76. The number of carbonyl (C=O) groups is 1. The second-order valence-electron chi connectivity index (χ2n) is 7.84. The van der Waals surface area contributed by atoms with E-state index in [4.69, 9.17) is 19.9 Å². The van der Waals surface area contributed by atoms with Crippen LogP contribution in [0.4, 0.5) is 30.8 Å². The van der Waals surface area contributed by atoms with Gasteiger partial charge in [0.2, 0.25) is 5.88 Å². The van der Waals surface area contributed by atoms with Gasteiger partial charge in [0.15, 0.2) is 5.82 Å². The average molecular weight is 457 g/mol. The number of nitrogens with zero attached hydrogens (tertiary/aromatic N) is 2. The van der Waals surface area contributed by atoms with Gasteiger partial charge in [-0.15, -0.1) is 0 Å². The summed E-state index contributed by atoms with van der Waals surface area (Å²) in [5.74, 6) is -0.283. The number of nitrogens with two attached hydrogens (primary N) is 1. The van der Waals surface area contributed by atoms with Crippen LogP contribution in [0.25, 0.3) is 21.9 Å². The topological polar surface area (TPSA) is 121 Å². The Bertz CT molecular complexity index is 1250. The molecule has 1 aromatic carbocycles. The summed E-state index contributed by atoms with van der Waals surface area (Å²) in [6, 6.07) is 3.18. The summed E-state index contributed by atoms with van der Waals surface area (Å²) in [4.78, 5) is 20.4. The minimum atomic E-state index is -1.50. The van der Waals surface area contributed by atoms with Gasteiger partial charge < -0.3 is 25.3 Å². The van der Waals surface area contributed by atoms with Crippen molar-refractivity contribution in [2.75, 3.05) is 36.1 Å². The van der Waals surface area contributed by atoms with Gasteiger partial charge in [-0.25, -0.2) is 19.2 Å². The normalized spacial score (nSPS) is 19.5. The lowest BCUT2D eigenvalue weighted by atomic mass is 9.97. The molecule has 1 fully saturated rings. The highest BCUT2D eigenvalue weighted by Gasteiger charge is 2.25. The number of rotatable bonds is 3. The fourth-order valence-electron chi connectivity index (χ4n) is 3.95. The molecule has 0 radical (unpaired) electrons. The lowest BCUT2D eigenvalue weighted by molar-refractivity contribution is 0.0688. The number of hydrogen-bond donors (Lipinski definition) is 3. The summed E-state index contributed by atoms with van der Waals surface area (Å²) in [7, 11) is 0. The van der Waals surface area contributed by atoms with Crippen molar-refractivity contribution in [2.45, 2.75) is 25.8 Å². The highest BCUT2D eigenvalue weighted by Crippen LogP contribution is 2.40. The Morgan fingerprint density at radius 1 is 1.30 bits per heavy atom. The Hall–Kier alpha value is -3.73. The van der Waals surface area contributed by atoms with Gasteiger partial charge in [-0.3, -0.25) is 5.32 Å². The smallest absolute Gasteiger partial charge is 0.413 e. The largest absolute Gasteiger partial charge is 0.443 e. The molecule has 1 saturated heterocycles. The van der Waals surface area contributed by atoms with E-state index in [1.807, 2.05) is 0 Å². The third kappa shape index (κ3) is 3.95. The summed E-state index contributed by atoms with van der Waals surface area (Å²) in [6.07, 6.45) is 0.984. The molecule has 1 amide bonds. The molecule has 0 bridgehead atoms. The maximum Gasteiger partial charge on any atom is 0.413 e. The van der Waals surface area contributed by atoms with Gasteiger partial charge in [0.05, 0.1) is 25.4 Å². The third-order valence-corrected chi connectivity index (χ3v) is 5.66. The first kappa shape index (κ1) is 21.1. The van der Waals surface area contributed by atoms with Gasteiger partial charge in [-0.2, -0.15) is 4.39 Å². The van der Waals surface area contributed by atoms with E-state index in [-0.39, 0.29) is 35.6 Å². The van der Waals surface area contributed by atoms with E-state index in [1.54, 1.807) is 19.1 Å². The van der Waals surface area contributed by atoms with Crippen molar-refractivity contribution in [2.24, 2.45) is 0 Å². The predicted molar refractivity (Wildman–Crippen MR) is 117 cm³/mol. The number of carbonyl (C=O) groups excluding carboxylic acids is 1. The number of alkyl halides is 1. The van der Waals surface area contributed by atoms with Gasteiger partial charge >= 0.3 is 6.09 Å². The number of pyridine rings is 2. The lowest BCUT2D eigenvalue weighted by Crippen LogP contribution is -2.27. The van der Waals surface area contributed by atoms with E-state index in [9.17, 15) is 9.18 Å². The SMILES string of the molecule is Cc1c(-c2cc3cc(NC(=O)O[C@@H]4CCOC4)ncc3c(N)c2F)cnc2c1NCC(F)O2. The number of benzene rings is 1. The molecule has 172 valence electrons. The van der Waals surface area contributed by atoms with Crippen LogP contribution >= 0.6 is 0 Å². The molecule has 4 N–H and O–H groups in total. The summed E-state index contributed by atoms with van der Waals surface area (Å²) in [6.45, 7) is 2.63. The highest BCUT2D eigenvalue weighted by molar-refractivity contribution is 5.99. The molecule has 1 unspecified atom stereocenters. The number of hydrogen-bond acceptors (Lipinski definition) is 8. The molecular weight excluding hydrogens is 436 g/mol. The second kappa shape index (κ2) is 8.32. The molecule has 11 heteroatoms. The molecule has 3 aromatic rings. The fourth-order valence-corrected chi connectivity index (χ4v) is 3.95. The first-order valence-electron chi connectivity index (χ1n) is 10.4. The zero-order chi connectivity index (χ0) is 23.1. The van der Waals surface area contributed by atoms with Crippen LogP contribution in [0, 0.1) is 12.7 Å². The molecule has 2 atom stereocenters. The number of fused-ring (bicyclic) bond motifs is 2. The molecule has 2 aromatic heterocycles. The number of amides is 1. The number of nitrogen functional groups attached to an aromatic ring is 1. The molecule has 9 nitrogen and oxygen atoms in total. The second-order valence-corrected chi connectivity index (χ2v) is 7.84. The molecule has 5 rings (SSSR count). The Morgan fingerprint density at radius 2 is 2.15 bits per heavy atom. The van der Waals surface area contributed by atoms with E-state index < -0.39 is 18.3 Å². The van der Waals surface area contributed by atoms with Crippen LogP contribution in [-0.2, 0) is 9.47 Å². The minimum absolute atomic E-state index is 0.0366. The van der Waals surface area contributed by atoms with E-state index in [2.05, 4.69) is 20.6 Å². The molecule has 0 saturated carbocycles. The number of ether oxygens (including phenoxy) is 3. The zero-order valence-electron chi connectivity index (χ0n) is 17.7. The van der Waals surface area contributed by atoms with E-state index in [1.165, 1.54) is 12.4 Å². The lowest BCUT2D eigenvalue weighted by Gasteiger charge is -2.24. The van der Waals surface area contributed by atoms with Crippen LogP contribution < -0.4 is 21.1 Å². The molecule has 4 heterocycles. The monoisotopic (exact) mass is 457 g/mol. The molecule has 2 aliphatic rings. The van der Waals surface area contributed by atoms with Crippen LogP contribution in [0.3, 0.4) is 0 Å². The molecular formula is C22H21F2N5O4. The van der Waals surface area contributed by atoms with Crippen LogP contribution in [0.5, 0.6) is 5.88 Å². The molecule has 33 heavy (non-hydrogen) atoms. The quantitative estimate of drug-likeness (QED) is 0.509. The van der Waals surface area contributed by atoms with Crippen molar-refractivity contribution >= 4 is 34.1 Å². The Labute approximate surface area is 187 Å². The van der Waals surface area contributed by atoms with Crippen LogP contribution in [0.1, 0.15) is 12.0 Å².